The second kappa shape index (κ2) is 7.20. The maximum atomic E-state index is 12.3. The fourth-order valence-corrected chi connectivity index (χ4v) is 3.39. The zero-order valence-corrected chi connectivity index (χ0v) is 15.3. The van der Waals surface area contributed by atoms with Crippen molar-refractivity contribution in [2.24, 2.45) is 0 Å². The molecule has 9 heteroatoms. The molecule has 2 amide bonds. The zero-order valence-electron chi connectivity index (χ0n) is 14.5. The van der Waals surface area contributed by atoms with Gasteiger partial charge in [-0.05, 0) is 29.6 Å². The van der Waals surface area contributed by atoms with Crippen molar-refractivity contribution in [1.29, 1.82) is 0 Å². The van der Waals surface area contributed by atoms with Gasteiger partial charge in [0.1, 0.15) is 0 Å². The van der Waals surface area contributed by atoms with Crippen LogP contribution in [-0.4, -0.2) is 39.4 Å². The van der Waals surface area contributed by atoms with Gasteiger partial charge in [0.2, 0.25) is 5.82 Å². The van der Waals surface area contributed by atoms with E-state index in [2.05, 4.69) is 16.7 Å². The topological polar surface area (TPSA) is 103 Å². The van der Waals surface area contributed by atoms with Crippen LogP contribution in [0.4, 0.5) is 0 Å². The monoisotopic (exact) mass is 395 g/mol. The molecule has 0 unspecified atom stereocenters. The highest BCUT2D eigenvalue weighted by molar-refractivity contribution is 7.13. The normalized spacial score (nSPS) is 12.9. The van der Waals surface area contributed by atoms with E-state index in [0.29, 0.717) is 5.82 Å². The van der Waals surface area contributed by atoms with Gasteiger partial charge < -0.3 is 9.26 Å². The highest BCUT2D eigenvalue weighted by Gasteiger charge is 2.35. The van der Waals surface area contributed by atoms with Crippen molar-refractivity contribution in [3.8, 4) is 10.7 Å². The minimum absolute atomic E-state index is 0.107. The van der Waals surface area contributed by atoms with Gasteiger partial charge in [0.25, 0.3) is 17.7 Å². The molecular weight excluding hydrogens is 382 g/mol. The van der Waals surface area contributed by atoms with E-state index in [1.165, 1.54) is 35.6 Å². The van der Waals surface area contributed by atoms with Gasteiger partial charge in [-0.15, -0.1) is 17.9 Å². The van der Waals surface area contributed by atoms with Crippen LogP contribution in [0.5, 0.6) is 0 Å². The van der Waals surface area contributed by atoms with E-state index in [9.17, 15) is 14.4 Å². The Kier molecular flexibility index (Phi) is 4.58. The number of rotatable bonds is 6. The lowest BCUT2D eigenvalue weighted by molar-refractivity contribution is 0.0429. The number of esters is 1. The number of carbonyl (C=O) groups is 3. The number of hydrogen-bond acceptors (Lipinski definition) is 8. The summed E-state index contributed by atoms with van der Waals surface area (Å²) in [6.45, 7) is 3.44. The van der Waals surface area contributed by atoms with Gasteiger partial charge in [0.15, 0.2) is 6.61 Å². The van der Waals surface area contributed by atoms with Gasteiger partial charge >= 0.3 is 5.97 Å². The molecule has 0 radical (unpaired) electrons. The van der Waals surface area contributed by atoms with Gasteiger partial charge in [0.05, 0.1) is 21.6 Å². The van der Waals surface area contributed by atoms with Gasteiger partial charge in [0, 0.05) is 6.54 Å². The van der Waals surface area contributed by atoms with Crippen LogP contribution in [0.2, 0.25) is 0 Å². The van der Waals surface area contributed by atoms with Crippen LogP contribution in [-0.2, 0) is 11.3 Å². The molecule has 0 N–H and O–H groups in total. The lowest BCUT2D eigenvalue weighted by Gasteiger charge is -2.09. The maximum absolute atomic E-state index is 12.3. The third-order valence-electron chi connectivity index (χ3n) is 4.05. The van der Waals surface area contributed by atoms with Crippen LogP contribution in [0.15, 0.2) is 52.9 Å². The van der Waals surface area contributed by atoms with E-state index in [4.69, 9.17) is 9.26 Å². The Labute approximate surface area is 163 Å². The van der Waals surface area contributed by atoms with E-state index in [1.807, 2.05) is 17.5 Å². The first-order valence-corrected chi connectivity index (χ1v) is 9.11. The minimum Gasteiger partial charge on any atom is -0.452 e. The number of amides is 2. The highest BCUT2D eigenvalue weighted by atomic mass is 32.1. The molecule has 8 nitrogen and oxygen atoms in total. The molecule has 0 spiro atoms. The smallest absolute Gasteiger partial charge is 0.338 e. The Morgan fingerprint density at radius 1 is 1.25 bits per heavy atom. The van der Waals surface area contributed by atoms with Crippen LogP contribution in [0.25, 0.3) is 10.7 Å². The first-order valence-electron chi connectivity index (χ1n) is 8.23. The number of ether oxygens (including phenoxy) is 1. The Balaban J connectivity index is 1.46. The molecule has 1 aliphatic heterocycles. The molecule has 140 valence electrons. The molecule has 0 atom stereocenters. The number of thiophene rings is 1. The Morgan fingerprint density at radius 3 is 2.82 bits per heavy atom. The van der Waals surface area contributed by atoms with E-state index in [0.717, 1.165) is 9.78 Å². The average molecular weight is 395 g/mol. The molecule has 2 aromatic heterocycles. The molecule has 0 fully saturated rings. The first kappa shape index (κ1) is 17.8. The summed E-state index contributed by atoms with van der Waals surface area (Å²) in [5.41, 5.74) is 0.568. The van der Waals surface area contributed by atoms with Crippen LogP contribution in [0.1, 0.15) is 37.0 Å². The van der Waals surface area contributed by atoms with Crippen LogP contribution < -0.4 is 0 Å². The molecule has 4 rings (SSSR count). The van der Waals surface area contributed by atoms with Crippen LogP contribution in [0.3, 0.4) is 0 Å². The minimum atomic E-state index is -0.666. The number of benzene rings is 1. The van der Waals surface area contributed by atoms with Crippen molar-refractivity contribution >= 4 is 29.1 Å². The number of hydrogen-bond donors (Lipinski definition) is 0. The lowest BCUT2D eigenvalue weighted by Crippen LogP contribution is -2.29. The number of imide groups is 1. The van der Waals surface area contributed by atoms with Gasteiger partial charge in [-0.25, -0.2) is 4.79 Å². The van der Waals surface area contributed by atoms with E-state index in [-0.39, 0.29) is 35.7 Å². The number of nitrogens with zero attached hydrogens (tertiary/aromatic N) is 3. The lowest BCUT2D eigenvalue weighted by atomic mass is 10.1. The Hall–Kier alpha value is -3.59. The molecule has 3 heterocycles. The van der Waals surface area contributed by atoms with E-state index >= 15 is 0 Å². The van der Waals surface area contributed by atoms with Gasteiger partial charge in [-0.2, -0.15) is 4.98 Å². The number of aromatic nitrogens is 2. The standard InChI is InChI=1S/C19H13N3O5S/c1-2-7-22-17(23)12-6-5-11(9-13(12)18(22)24)19(25)26-10-15-20-16(21-27-15)14-4-3-8-28-14/h2-6,8-9H,1,7,10H2. The average Bonchev–Trinajstić information content (AvgIpc) is 3.43. The van der Waals surface area contributed by atoms with Crippen LogP contribution >= 0.6 is 11.3 Å². The van der Waals surface area contributed by atoms with Gasteiger partial charge in [-0.3, -0.25) is 14.5 Å². The van der Waals surface area contributed by atoms with E-state index < -0.39 is 17.8 Å². The third-order valence-corrected chi connectivity index (χ3v) is 4.92. The van der Waals surface area contributed by atoms with E-state index in [1.54, 1.807) is 0 Å². The number of carbonyl (C=O) groups excluding carboxylic acids is 3. The Bertz CT molecular complexity index is 1090. The van der Waals surface area contributed by atoms with Crippen LogP contribution in [0, 0.1) is 0 Å². The molecule has 0 saturated heterocycles. The predicted octanol–water partition coefficient (Wildman–Crippen LogP) is 2.94. The van der Waals surface area contributed by atoms with Crippen molar-refractivity contribution in [2.75, 3.05) is 6.54 Å². The first-order chi connectivity index (χ1) is 13.6. The summed E-state index contributed by atoms with van der Waals surface area (Å²) in [7, 11) is 0. The molecular formula is C19H13N3O5S. The second-order valence-corrected chi connectivity index (χ2v) is 6.78. The van der Waals surface area contributed by atoms with Crippen molar-refractivity contribution in [1.82, 2.24) is 15.0 Å². The molecule has 3 aromatic rings. The molecule has 0 bridgehead atoms. The fourth-order valence-electron chi connectivity index (χ4n) is 2.74. The highest BCUT2D eigenvalue weighted by Crippen LogP contribution is 2.25. The third kappa shape index (κ3) is 3.12. The summed E-state index contributed by atoms with van der Waals surface area (Å²) in [6, 6.07) is 7.95. The van der Waals surface area contributed by atoms with Crippen molar-refractivity contribution < 1.29 is 23.6 Å². The van der Waals surface area contributed by atoms with Crippen molar-refractivity contribution in [3.05, 3.63) is 70.9 Å². The molecule has 28 heavy (non-hydrogen) atoms. The summed E-state index contributed by atoms with van der Waals surface area (Å²) >= 11 is 1.46. The summed E-state index contributed by atoms with van der Waals surface area (Å²) in [4.78, 5) is 42.9. The van der Waals surface area contributed by atoms with Crippen molar-refractivity contribution in [2.45, 2.75) is 6.61 Å². The zero-order chi connectivity index (χ0) is 19.7. The predicted molar refractivity (Wildman–Crippen MR) is 98.7 cm³/mol. The summed E-state index contributed by atoms with van der Waals surface area (Å²) in [5, 5.41) is 5.73. The Morgan fingerprint density at radius 2 is 2.07 bits per heavy atom. The largest absolute Gasteiger partial charge is 0.452 e. The van der Waals surface area contributed by atoms with Gasteiger partial charge in [-0.1, -0.05) is 17.3 Å². The molecule has 0 saturated carbocycles. The maximum Gasteiger partial charge on any atom is 0.338 e. The summed E-state index contributed by atoms with van der Waals surface area (Å²) < 4.78 is 10.3. The molecule has 1 aliphatic rings. The summed E-state index contributed by atoms with van der Waals surface area (Å²) in [5.74, 6) is -0.966. The fraction of sp³-hybridized carbons (Fsp3) is 0.105. The SMILES string of the molecule is C=CCN1C(=O)c2ccc(C(=O)OCc3nc(-c4cccs4)no3)cc2C1=O. The van der Waals surface area contributed by atoms with Crippen molar-refractivity contribution in [3.63, 3.8) is 0 Å². The summed E-state index contributed by atoms with van der Waals surface area (Å²) in [6.07, 6.45) is 1.46. The second-order valence-electron chi connectivity index (χ2n) is 5.84. The molecule has 1 aromatic carbocycles. The molecule has 0 aliphatic carbocycles. The quantitative estimate of drug-likeness (QED) is 0.359. The number of fused-ring (bicyclic) bond motifs is 1.